The molecule has 2 N–H and O–H groups in total. The topological polar surface area (TPSA) is 79.9 Å². The SMILES string of the molecule is O=C(NC[C@H]1CC[C@@H](c2ncn[nH]2)O1)c1cc(Cl)ccc1F. The highest BCUT2D eigenvalue weighted by Crippen LogP contribution is 2.30. The maximum atomic E-state index is 13.6. The molecule has 0 radical (unpaired) electrons. The van der Waals surface area contributed by atoms with Gasteiger partial charge in [-0.1, -0.05) is 11.6 Å². The minimum atomic E-state index is -0.603. The van der Waals surface area contributed by atoms with E-state index in [1.165, 1.54) is 24.5 Å². The summed E-state index contributed by atoms with van der Waals surface area (Å²) in [5.41, 5.74) is -0.0720. The summed E-state index contributed by atoms with van der Waals surface area (Å²) in [6.45, 7) is 0.301. The van der Waals surface area contributed by atoms with Gasteiger partial charge in [-0.15, -0.1) is 0 Å². The minimum Gasteiger partial charge on any atom is -0.365 e. The van der Waals surface area contributed by atoms with E-state index in [0.29, 0.717) is 17.4 Å². The van der Waals surface area contributed by atoms with Crippen molar-refractivity contribution in [2.75, 3.05) is 6.54 Å². The van der Waals surface area contributed by atoms with Crippen LogP contribution in [-0.2, 0) is 4.74 Å². The standard InChI is InChI=1S/C14H14ClFN4O2/c15-8-1-3-11(16)10(5-8)14(21)17-6-9-2-4-12(22-9)13-18-7-19-20-13/h1,3,5,7,9,12H,2,4,6H2,(H,17,21)(H,18,19,20)/t9-,12+/m1/s1. The Hall–Kier alpha value is -1.99. The number of aromatic amines is 1. The van der Waals surface area contributed by atoms with E-state index in [2.05, 4.69) is 20.5 Å². The summed E-state index contributed by atoms with van der Waals surface area (Å²) in [6.07, 6.45) is 2.72. The molecule has 1 amide bonds. The predicted molar refractivity (Wildman–Crippen MR) is 77.0 cm³/mol. The van der Waals surface area contributed by atoms with Gasteiger partial charge in [0.25, 0.3) is 5.91 Å². The molecule has 3 rings (SSSR count). The number of hydrogen-bond acceptors (Lipinski definition) is 4. The van der Waals surface area contributed by atoms with Crippen LogP contribution in [0.5, 0.6) is 0 Å². The Morgan fingerprint density at radius 2 is 2.36 bits per heavy atom. The third-order valence-corrected chi connectivity index (χ3v) is 3.74. The van der Waals surface area contributed by atoms with Crippen LogP contribution in [0.3, 0.4) is 0 Å². The van der Waals surface area contributed by atoms with Gasteiger partial charge in [-0.25, -0.2) is 9.37 Å². The molecule has 0 aliphatic carbocycles. The first-order chi connectivity index (χ1) is 10.6. The first kappa shape index (κ1) is 14.9. The molecule has 6 nitrogen and oxygen atoms in total. The zero-order valence-electron chi connectivity index (χ0n) is 11.6. The fourth-order valence-electron chi connectivity index (χ4n) is 2.40. The number of hydrogen-bond donors (Lipinski definition) is 2. The Kier molecular flexibility index (Phi) is 4.35. The summed E-state index contributed by atoms with van der Waals surface area (Å²) in [5, 5.41) is 9.53. The van der Waals surface area contributed by atoms with Crippen LogP contribution in [0.4, 0.5) is 4.39 Å². The number of H-pyrrole nitrogens is 1. The Morgan fingerprint density at radius 3 is 3.14 bits per heavy atom. The smallest absolute Gasteiger partial charge is 0.254 e. The molecule has 0 unspecified atom stereocenters. The van der Waals surface area contributed by atoms with E-state index in [0.717, 1.165) is 12.8 Å². The summed E-state index contributed by atoms with van der Waals surface area (Å²) < 4.78 is 19.4. The molecule has 2 aromatic rings. The van der Waals surface area contributed by atoms with Crippen molar-refractivity contribution in [3.8, 4) is 0 Å². The molecular weight excluding hydrogens is 311 g/mol. The molecule has 2 heterocycles. The van der Waals surface area contributed by atoms with E-state index in [1.54, 1.807) is 0 Å². The van der Waals surface area contributed by atoms with Crippen molar-refractivity contribution < 1.29 is 13.9 Å². The van der Waals surface area contributed by atoms with Gasteiger partial charge in [-0.3, -0.25) is 9.89 Å². The highest BCUT2D eigenvalue weighted by atomic mass is 35.5. The van der Waals surface area contributed by atoms with Crippen molar-refractivity contribution in [2.24, 2.45) is 0 Å². The highest BCUT2D eigenvalue weighted by Gasteiger charge is 2.28. The van der Waals surface area contributed by atoms with Crippen molar-refractivity contribution in [3.05, 3.63) is 46.8 Å². The number of nitrogens with one attached hydrogen (secondary N) is 2. The lowest BCUT2D eigenvalue weighted by molar-refractivity contribution is 0.0392. The van der Waals surface area contributed by atoms with E-state index < -0.39 is 11.7 Å². The van der Waals surface area contributed by atoms with E-state index in [-0.39, 0.29) is 17.8 Å². The van der Waals surface area contributed by atoms with Crippen LogP contribution in [-0.4, -0.2) is 33.7 Å². The van der Waals surface area contributed by atoms with Crippen molar-refractivity contribution >= 4 is 17.5 Å². The predicted octanol–water partition coefficient (Wildman–Crippen LogP) is 2.25. The number of carbonyl (C=O) groups excluding carboxylic acids is 1. The second-order valence-corrected chi connectivity index (χ2v) is 5.47. The number of carbonyl (C=O) groups is 1. The zero-order valence-corrected chi connectivity index (χ0v) is 12.3. The molecule has 0 bridgehead atoms. The fraction of sp³-hybridized carbons (Fsp3) is 0.357. The average Bonchev–Trinajstić information content (AvgIpc) is 3.17. The summed E-state index contributed by atoms with van der Waals surface area (Å²) >= 11 is 5.78. The van der Waals surface area contributed by atoms with E-state index in [4.69, 9.17) is 16.3 Å². The minimum absolute atomic E-state index is 0.0720. The summed E-state index contributed by atoms with van der Waals surface area (Å²) in [6, 6.07) is 3.87. The molecule has 1 aliphatic heterocycles. The third kappa shape index (κ3) is 3.26. The molecule has 1 saturated heterocycles. The summed E-state index contributed by atoms with van der Waals surface area (Å²) in [5.74, 6) is -0.435. The molecule has 1 aliphatic rings. The fourth-order valence-corrected chi connectivity index (χ4v) is 2.57. The lowest BCUT2D eigenvalue weighted by atomic mass is 10.1. The van der Waals surface area contributed by atoms with Gasteiger partial charge < -0.3 is 10.1 Å². The summed E-state index contributed by atoms with van der Waals surface area (Å²) in [7, 11) is 0. The molecule has 2 atom stereocenters. The molecule has 1 aromatic carbocycles. The van der Waals surface area contributed by atoms with Crippen molar-refractivity contribution in [1.29, 1.82) is 0 Å². The second kappa shape index (κ2) is 6.41. The first-order valence-electron chi connectivity index (χ1n) is 6.87. The van der Waals surface area contributed by atoms with E-state index in [9.17, 15) is 9.18 Å². The van der Waals surface area contributed by atoms with Crippen LogP contribution in [0.2, 0.25) is 5.02 Å². The number of nitrogens with zero attached hydrogens (tertiary/aromatic N) is 2. The molecule has 1 fully saturated rings. The van der Waals surface area contributed by atoms with Crippen LogP contribution < -0.4 is 5.32 Å². The first-order valence-corrected chi connectivity index (χ1v) is 7.25. The van der Waals surface area contributed by atoms with Crippen LogP contribution in [0.1, 0.15) is 35.1 Å². The van der Waals surface area contributed by atoms with Gasteiger partial charge in [-0.2, -0.15) is 5.10 Å². The van der Waals surface area contributed by atoms with Crippen LogP contribution in [0, 0.1) is 5.82 Å². The van der Waals surface area contributed by atoms with Crippen molar-refractivity contribution in [2.45, 2.75) is 25.0 Å². The second-order valence-electron chi connectivity index (χ2n) is 5.03. The van der Waals surface area contributed by atoms with Crippen molar-refractivity contribution in [3.63, 3.8) is 0 Å². The lowest BCUT2D eigenvalue weighted by Crippen LogP contribution is -2.32. The van der Waals surface area contributed by atoms with Gasteiger partial charge in [0, 0.05) is 11.6 Å². The number of rotatable bonds is 4. The van der Waals surface area contributed by atoms with Gasteiger partial charge in [0.2, 0.25) is 0 Å². The van der Waals surface area contributed by atoms with Gasteiger partial charge in [0.05, 0.1) is 11.7 Å². The number of aromatic nitrogens is 3. The molecule has 0 saturated carbocycles. The molecule has 22 heavy (non-hydrogen) atoms. The largest absolute Gasteiger partial charge is 0.365 e. The number of benzene rings is 1. The summed E-state index contributed by atoms with van der Waals surface area (Å²) in [4.78, 5) is 16.0. The lowest BCUT2D eigenvalue weighted by Gasteiger charge is -2.13. The third-order valence-electron chi connectivity index (χ3n) is 3.51. The molecule has 1 aromatic heterocycles. The van der Waals surface area contributed by atoms with Gasteiger partial charge >= 0.3 is 0 Å². The molecule has 8 heteroatoms. The highest BCUT2D eigenvalue weighted by molar-refractivity contribution is 6.30. The van der Waals surface area contributed by atoms with Crippen LogP contribution in [0.15, 0.2) is 24.5 Å². The normalized spacial score (nSPS) is 21.0. The molecule has 0 spiro atoms. The van der Waals surface area contributed by atoms with E-state index >= 15 is 0 Å². The Labute approximate surface area is 131 Å². The van der Waals surface area contributed by atoms with Gasteiger partial charge in [0.15, 0.2) is 5.82 Å². The number of amides is 1. The monoisotopic (exact) mass is 324 g/mol. The van der Waals surface area contributed by atoms with Crippen molar-refractivity contribution in [1.82, 2.24) is 20.5 Å². The van der Waals surface area contributed by atoms with Crippen LogP contribution in [0.25, 0.3) is 0 Å². The van der Waals surface area contributed by atoms with Gasteiger partial charge in [-0.05, 0) is 31.0 Å². The quantitative estimate of drug-likeness (QED) is 0.904. The van der Waals surface area contributed by atoms with Gasteiger partial charge in [0.1, 0.15) is 18.2 Å². The Morgan fingerprint density at radius 1 is 1.50 bits per heavy atom. The number of ether oxygens (including phenoxy) is 1. The zero-order chi connectivity index (χ0) is 15.5. The average molecular weight is 325 g/mol. The number of halogens is 2. The molecular formula is C14H14ClFN4O2. The Balaban J connectivity index is 1.55. The maximum Gasteiger partial charge on any atom is 0.254 e. The molecule has 116 valence electrons. The Bertz CT molecular complexity index is 665. The maximum absolute atomic E-state index is 13.6. The van der Waals surface area contributed by atoms with Crippen LogP contribution >= 0.6 is 11.6 Å². The van der Waals surface area contributed by atoms with E-state index in [1.807, 2.05) is 0 Å².